The van der Waals surface area contributed by atoms with Crippen LogP contribution in [0.3, 0.4) is 0 Å². The molecule has 2 fully saturated rings. The Balaban J connectivity index is 2.04. The van der Waals surface area contributed by atoms with E-state index in [-0.39, 0.29) is 19.1 Å². The van der Waals surface area contributed by atoms with E-state index in [2.05, 4.69) is 10.6 Å². The second-order valence-corrected chi connectivity index (χ2v) is 5.98. The van der Waals surface area contributed by atoms with Gasteiger partial charge in [-0.1, -0.05) is 0 Å². The zero-order valence-corrected chi connectivity index (χ0v) is 11.5. The summed E-state index contributed by atoms with van der Waals surface area (Å²) < 4.78 is 5.24. The fourth-order valence-corrected chi connectivity index (χ4v) is 2.65. The van der Waals surface area contributed by atoms with Crippen molar-refractivity contribution in [1.82, 2.24) is 10.6 Å². The van der Waals surface area contributed by atoms with Crippen molar-refractivity contribution in [2.75, 3.05) is 19.8 Å². The molecule has 0 spiro atoms. The minimum atomic E-state index is -1.04. The SMILES string of the molecule is CC1(C(=O)NC2COCC2(C)C(=O)O)CCCCN1. The molecule has 0 aliphatic carbocycles. The van der Waals surface area contributed by atoms with Gasteiger partial charge in [-0.2, -0.15) is 0 Å². The van der Waals surface area contributed by atoms with Crippen LogP contribution in [0.2, 0.25) is 0 Å². The van der Waals surface area contributed by atoms with Gasteiger partial charge >= 0.3 is 5.97 Å². The van der Waals surface area contributed by atoms with Crippen LogP contribution in [0.25, 0.3) is 0 Å². The molecule has 3 atom stereocenters. The minimum Gasteiger partial charge on any atom is -0.481 e. The summed E-state index contributed by atoms with van der Waals surface area (Å²) in [5.74, 6) is -1.06. The Bertz CT molecular complexity index is 379. The number of ether oxygens (including phenoxy) is 1. The number of aliphatic carboxylic acids is 1. The molecule has 0 radical (unpaired) electrons. The van der Waals surface area contributed by atoms with E-state index >= 15 is 0 Å². The number of rotatable bonds is 3. The van der Waals surface area contributed by atoms with E-state index in [0.29, 0.717) is 0 Å². The van der Waals surface area contributed by atoms with Crippen molar-refractivity contribution < 1.29 is 19.4 Å². The van der Waals surface area contributed by atoms with Crippen molar-refractivity contribution in [3.63, 3.8) is 0 Å². The molecular formula is C13H22N2O4. The molecule has 0 aromatic rings. The summed E-state index contributed by atoms with van der Waals surface area (Å²) in [6.45, 7) is 4.70. The molecule has 6 heteroatoms. The average Bonchev–Trinajstić information content (AvgIpc) is 2.73. The third-order valence-electron chi connectivity index (χ3n) is 4.37. The summed E-state index contributed by atoms with van der Waals surface area (Å²) in [6.07, 6.45) is 2.85. The first-order valence-electron chi connectivity index (χ1n) is 6.76. The first-order chi connectivity index (χ1) is 8.88. The Morgan fingerprint density at radius 3 is 2.68 bits per heavy atom. The lowest BCUT2D eigenvalue weighted by Gasteiger charge is -2.36. The molecule has 1 amide bonds. The Kier molecular flexibility index (Phi) is 3.82. The summed E-state index contributed by atoms with van der Waals surface area (Å²) >= 11 is 0. The normalized spacial score (nSPS) is 38.9. The Morgan fingerprint density at radius 2 is 2.11 bits per heavy atom. The molecule has 2 saturated heterocycles. The summed E-state index contributed by atoms with van der Waals surface area (Å²) in [7, 11) is 0. The molecule has 2 heterocycles. The Hall–Kier alpha value is -1.14. The van der Waals surface area contributed by atoms with Crippen LogP contribution in [0.15, 0.2) is 0 Å². The van der Waals surface area contributed by atoms with Gasteiger partial charge in [-0.15, -0.1) is 0 Å². The first-order valence-corrected chi connectivity index (χ1v) is 6.76. The molecular weight excluding hydrogens is 248 g/mol. The lowest BCUT2D eigenvalue weighted by Crippen LogP contribution is -2.61. The predicted molar refractivity (Wildman–Crippen MR) is 68.8 cm³/mol. The number of hydrogen-bond acceptors (Lipinski definition) is 4. The topological polar surface area (TPSA) is 87.7 Å². The molecule has 19 heavy (non-hydrogen) atoms. The van der Waals surface area contributed by atoms with Crippen molar-refractivity contribution in [1.29, 1.82) is 0 Å². The zero-order chi connectivity index (χ0) is 14.1. The summed E-state index contributed by atoms with van der Waals surface area (Å²) in [4.78, 5) is 23.7. The summed E-state index contributed by atoms with van der Waals surface area (Å²) in [6, 6.07) is -0.474. The standard InChI is InChI=1S/C13H22N2O4/c1-12(11(17)18)8-19-7-9(12)15-10(16)13(2)5-3-4-6-14-13/h9,14H,3-8H2,1-2H3,(H,15,16)(H,17,18). The fraction of sp³-hybridized carbons (Fsp3) is 0.846. The number of carboxylic acid groups (broad SMARTS) is 1. The van der Waals surface area contributed by atoms with Crippen molar-refractivity contribution in [2.45, 2.75) is 44.7 Å². The average molecular weight is 270 g/mol. The van der Waals surface area contributed by atoms with Crippen molar-refractivity contribution >= 4 is 11.9 Å². The minimum absolute atomic E-state index is 0.129. The molecule has 0 aromatic heterocycles. The Morgan fingerprint density at radius 1 is 1.37 bits per heavy atom. The van der Waals surface area contributed by atoms with E-state index in [4.69, 9.17) is 4.74 Å². The van der Waals surface area contributed by atoms with Gasteiger partial charge in [0.1, 0.15) is 5.41 Å². The highest BCUT2D eigenvalue weighted by atomic mass is 16.5. The monoisotopic (exact) mass is 270 g/mol. The highest BCUT2D eigenvalue weighted by Gasteiger charge is 2.48. The predicted octanol–water partition coefficient (Wildman–Crippen LogP) is 0.124. The van der Waals surface area contributed by atoms with Gasteiger partial charge < -0.3 is 20.5 Å². The first kappa shape index (κ1) is 14.3. The third-order valence-corrected chi connectivity index (χ3v) is 4.37. The molecule has 3 unspecified atom stereocenters. The second-order valence-electron chi connectivity index (χ2n) is 5.98. The summed E-state index contributed by atoms with van der Waals surface area (Å²) in [5.41, 5.74) is -1.64. The van der Waals surface area contributed by atoms with Crippen LogP contribution in [0.1, 0.15) is 33.1 Å². The van der Waals surface area contributed by atoms with Crippen LogP contribution in [-0.2, 0) is 14.3 Å². The highest BCUT2D eigenvalue weighted by Crippen LogP contribution is 2.29. The molecule has 0 bridgehead atoms. The number of piperidine rings is 1. The number of carboxylic acids is 1. The van der Waals surface area contributed by atoms with E-state index in [9.17, 15) is 14.7 Å². The van der Waals surface area contributed by atoms with Crippen LogP contribution in [-0.4, -0.2) is 48.3 Å². The van der Waals surface area contributed by atoms with Crippen LogP contribution < -0.4 is 10.6 Å². The van der Waals surface area contributed by atoms with Crippen molar-refractivity contribution in [3.05, 3.63) is 0 Å². The Labute approximate surface area is 112 Å². The third kappa shape index (κ3) is 2.60. The van der Waals surface area contributed by atoms with Gasteiger partial charge in [-0.3, -0.25) is 9.59 Å². The van der Waals surface area contributed by atoms with Gasteiger partial charge in [0.25, 0.3) is 0 Å². The number of hydrogen-bond donors (Lipinski definition) is 3. The van der Waals surface area contributed by atoms with Gasteiger partial charge in [0.15, 0.2) is 0 Å². The van der Waals surface area contributed by atoms with E-state index in [1.807, 2.05) is 6.92 Å². The maximum absolute atomic E-state index is 12.4. The van der Waals surface area contributed by atoms with E-state index in [1.54, 1.807) is 6.92 Å². The number of carbonyl (C=O) groups is 2. The van der Waals surface area contributed by atoms with Gasteiger partial charge in [0.2, 0.25) is 5.91 Å². The molecule has 2 aliphatic rings. The lowest BCUT2D eigenvalue weighted by molar-refractivity contribution is -0.149. The molecule has 6 nitrogen and oxygen atoms in total. The maximum atomic E-state index is 12.4. The highest BCUT2D eigenvalue weighted by molar-refractivity contribution is 5.87. The molecule has 2 aliphatic heterocycles. The molecule has 0 aromatic carbocycles. The molecule has 2 rings (SSSR count). The maximum Gasteiger partial charge on any atom is 0.313 e. The van der Waals surface area contributed by atoms with Crippen LogP contribution in [0.4, 0.5) is 0 Å². The van der Waals surface area contributed by atoms with Gasteiger partial charge in [0, 0.05) is 0 Å². The molecule has 3 N–H and O–H groups in total. The number of carbonyl (C=O) groups excluding carboxylic acids is 1. The van der Waals surface area contributed by atoms with Gasteiger partial charge in [-0.25, -0.2) is 0 Å². The second kappa shape index (κ2) is 5.09. The lowest BCUT2D eigenvalue weighted by atomic mass is 9.84. The van der Waals surface area contributed by atoms with Gasteiger partial charge in [0.05, 0.1) is 24.8 Å². The van der Waals surface area contributed by atoms with E-state index < -0.39 is 23.0 Å². The van der Waals surface area contributed by atoms with E-state index in [1.165, 1.54) is 0 Å². The quantitative estimate of drug-likeness (QED) is 0.678. The molecule has 108 valence electrons. The number of nitrogens with one attached hydrogen (secondary N) is 2. The smallest absolute Gasteiger partial charge is 0.313 e. The van der Waals surface area contributed by atoms with Crippen LogP contribution in [0, 0.1) is 5.41 Å². The molecule has 0 saturated carbocycles. The van der Waals surface area contributed by atoms with Crippen LogP contribution in [0.5, 0.6) is 0 Å². The van der Waals surface area contributed by atoms with Gasteiger partial charge in [-0.05, 0) is 39.7 Å². The fourth-order valence-electron chi connectivity index (χ4n) is 2.65. The number of amides is 1. The van der Waals surface area contributed by atoms with Crippen LogP contribution >= 0.6 is 0 Å². The van der Waals surface area contributed by atoms with Crippen molar-refractivity contribution in [3.8, 4) is 0 Å². The van der Waals surface area contributed by atoms with Crippen molar-refractivity contribution in [2.24, 2.45) is 5.41 Å². The summed E-state index contributed by atoms with van der Waals surface area (Å²) in [5, 5.41) is 15.4. The largest absolute Gasteiger partial charge is 0.481 e. The zero-order valence-electron chi connectivity index (χ0n) is 11.5. The van der Waals surface area contributed by atoms with E-state index in [0.717, 1.165) is 25.8 Å².